The predicted octanol–water partition coefficient (Wildman–Crippen LogP) is 5.85. The molecule has 1 fully saturated rings. The van der Waals surface area contributed by atoms with Gasteiger partial charge in [-0.2, -0.15) is 0 Å². The van der Waals surface area contributed by atoms with Crippen LogP contribution in [0.25, 0.3) is 10.8 Å². The molecule has 0 aliphatic carbocycles. The zero-order chi connectivity index (χ0) is 24.9. The molecule has 1 saturated heterocycles. The van der Waals surface area contributed by atoms with Crippen molar-refractivity contribution in [2.45, 2.75) is 58.0 Å². The number of benzene rings is 3. The SMILES string of the molecule is CC(C)(C)C(=O)NCCC(O)(CCN1CCC(c2ccc3ccccc3c2)CC1)c1ccccc1. The van der Waals surface area contributed by atoms with E-state index in [2.05, 4.69) is 52.7 Å². The van der Waals surface area contributed by atoms with E-state index in [1.54, 1.807) is 0 Å². The summed E-state index contributed by atoms with van der Waals surface area (Å²) < 4.78 is 0. The fourth-order valence-corrected chi connectivity index (χ4v) is 5.10. The molecule has 186 valence electrons. The van der Waals surface area contributed by atoms with Gasteiger partial charge in [0.15, 0.2) is 0 Å². The molecule has 2 N–H and O–H groups in total. The quantitative estimate of drug-likeness (QED) is 0.432. The van der Waals surface area contributed by atoms with Crippen molar-refractivity contribution < 1.29 is 9.90 Å². The van der Waals surface area contributed by atoms with E-state index in [0.717, 1.165) is 38.0 Å². The molecule has 0 spiro atoms. The van der Waals surface area contributed by atoms with Crippen LogP contribution in [-0.2, 0) is 10.4 Å². The van der Waals surface area contributed by atoms with E-state index in [9.17, 15) is 9.90 Å². The number of aliphatic hydroxyl groups is 1. The third-order valence-electron chi connectivity index (χ3n) is 7.49. The number of piperidine rings is 1. The lowest BCUT2D eigenvalue weighted by molar-refractivity contribution is -0.128. The molecule has 35 heavy (non-hydrogen) atoms. The lowest BCUT2D eigenvalue weighted by Crippen LogP contribution is -2.41. The van der Waals surface area contributed by atoms with Crippen molar-refractivity contribution in [3.63, 3.8) is 0 Å². The maximum absolute atomic E-state index is 12.3. The van der Waals surface area contributed by atoms with Gasteiger partial charge in [-0.3, -0.25) is 4.79 Å². The molecule has 0 aromatic heterocycles. The molecule has 4 rings (SSSR count). The fraction of sp³-hybridized carbons (Fsp3) is 0.452. The highest BCUT2D eigenvalue weighted by atomic mass is 16.3. The molecule has 0 radical (unpaired) electrons. The van der Waals surface area contributed by atoms with Crippen molar-refractivity contribution >= 4 is 16.7 Å². The first-order valence-electron chi connectivity index (χ1n) is 13.0. The second-order valence-corrected chi connectivity index (χ2v) is 11.1. The number of fused-ring (bicyclic) bond motifs is 1. The number of amides is 1. The van der Waals surface area contributed by atoms with E-state index in [1.165, 1.54) is 16.3 Å². The molecule has 0 saturated carbocycles. The van der Waals surface area contributed by atoms with Crippen LogP contribution < -0.4 is 5.32 Å². The summed E-state index contributed by atoms with van der Waals surface area (Å²) in [6.45, 7) is 9.13. The molecule has 1 aliphatic rings. The minimum atomic E-state index is -0.957. The van der Waals surface area contributed by atoms with Gasteiger partial charge in [0.2, 0.25) is 5.91 Å². The second-order valence-electron chi connectivity index (χ2n) is 11.1. The van der Waals surface area contributed by atoms with E-state index >= 15 is 0 Å². The zero-order valence-corrected chi connectivity index (χ0v) is 21.5. The Labute approximate surface area is 210 Å². The van der Waals surface area contributed by atoms with Gasteiger partial charge in [-0.25, -0.2) is 0 Å². The highest BCUT2D eigenvalue weighted by molar-refractivity contribution is 5.83. The summed E-state index contributed by atoms with van der Waals surface area (Å²) in [4.78, 5) is 14.8. The van der Waals surface area contributed by atoms with Crippen LogP contribution in [0.3, 0.4) is 0 Å². The van der Waals surface area contributed by atoms with Crippen LogP contribution in [0.1, 0.15) is 63.5 Å². The maximum Gasteiger partial charge on any atom is 0.225 e. The number of likely N-dealkylation sites (tertiary alicyclic amines) is 1. The molecule has 3 aromatic rings. The molecule has 1 atom stereocenters. The van der Waals surface area contributed by atoms with Crippen LogP contribution >= 0.6 is 0 Å². The van der Waals surface area contributed by atoms with Crippen LogP contribution in [0, 0.1) is 5.41 Å². The molecule has 0 bridgehead atoms. The number of carbonyl (C=O) groups excluding carboxylic acids is 1. The Morgan fingerprint density at radius 2 is 1.57 bits per heavy atom. The summed E-state index contributed by atoms with van der Waals surface area (Å²) in [6.07, 6.45) is 3.45. The van der Waals surface area contributed by atoms with Crippen LogP contribution in [0.5, 0.6) is 0 Å². The van der Waals surface area contributed by atoms with Crippen LogP contribution in [0.2, 0.25) is 0 Å². The van der Waals surface area contributed by atoms with Gasteiger partial charge < -0.3 is 15.3 Å². The highest BCUT2D eigenvalue weighted by Gasteiger charge is 2.31. The number of rotatable bonds is 8. The summed E-state index contributed by atoms with van der Waals surface area (Å²) in [7, 11) is 0. The molecule has 4 nitrogen and oxygen atoms in total. The summed E-state index contributed by atoms with van der Waals surface area (Å²) >= 11 is 0. The Bertz CT molecular complexity index is 1110. The highest BCUT2D eigenvalue weighted by Crippen LogP contribution is 2.33. The molecule has 1 heterocycles. The summed E-state index contributed by atoms with van der Waals surface area (Å²) in [5, 5.41) is 17.3. The Morgan fingerprint density at radius 3 is 2.26 bits per heavy atom. The van der Waals surface area contributed by atoms with Gasteiger partial charge >= 0.3 is 0 Å². The van der Waals surface area contributed by atoms with E-state index < -0.39 is 11.0 Å². The first-order chi connectivity index (χ1) is 16.7. The van der Waals surface area contributed by atoms with E-state index in [0.29, 0.717) is 25.3 Å². The summed E-state index contributed by atoms with van der Waals surface area (Å²) in [5.74, 6) is 0.611. The normalized spacial score (nSPS) is 17.3. The van der Waals surface area contributed by atoms with Gasteiger partial charge in [-0.05, 0) is 66.6 Å². The Balaban J connectivity index is 1.34. The molecule has 1 unspecified atom stereocenters. The molecular weight excluding hydrogens is 432 g/mol. The number of hydrogen-bond donors (Lipinski definition) is 2. The van der Waals surface area contributed by atoms with Crippen molar-refractivity contribution in [2.24, 2.45) is 5.41 Å². The topological polar surface area (TPSA) is 52.6 Å². The van der Waals surface area contributed by atoms with Gasteiger partial charge in [-0.15, -0.1) is 0 Å². The van der Waals surface area contributed by atoms with Crippen molar-refractivity contribution in [3.8, 4) is 0 Å². The zero-order valence-electron chi connectivity index (χ0n) is 21.5. The minimum absolute atomic E-state index is 0.0173. The molecule has 1 amide bonds. The standard InChI is InChI=1S/C31H40N2O2/c1-30(2,3)29(34)32-19-17-31(35,28-11-5-4-6-12-28)18-22-33-20-15-25(16-21-33)27-14-13-24-9-7-8-10-26(24)23-27/h4-14,23,25,35H,15-22H2,1-3H3,(H,32,34). The summed E-state index contributed by atoms with van der Waals surface area (Å²) in [6, 6.07) is 25.4. The molecule has 4 heteroatoms. The van der Waals surface area contributed by atoms with Gasteiger partial charge in [0.05, 0.1) is 5.60 Å². The van der Waals surface area contributed by atoms with E-state index in [4.69, 9.17) is 0 Å². The van der Waals surface area contributed by atoms with Crippen molar-refractivity contribution in [1.82, 2.24) is 10.2 Å². The van der Waals surface area contributed by atoms with Gasteiger partial charge in [-0.1, -0.05) is 93.6 Å². The largest absolute Gasteiger partial charge is 0.385 e. The van der Waals surface area contributed by atoms with E-state index in [1.807, 2.05) is 51.1 Å². The monoisotopic (exact) mass is 472 g/mol. The van der Waals surface area contributed by atoms with Crippen molar-refractivity contribution in [1.29, 1.82) is 0 Å². The van der Waals surface area contributed by atoms with E-state index in [-0.39, 0.29) is 5.91 Å². The number of carbonyl (C=O) groups is 1. The Kier molecular flexibility index (Phi) is 7.93. The molecule has 1 aliphatic heterocycles. The fourth-order valence-electron chi connectivity index (χ4n) is 5.10. The summed E-state index contributed by atoms with van der Waals surface area (Å²) in [5.41, 5.74) is 0.983. The lowest BCUT2D eigenvalue weighted by Gasteiger charge is -2.36. The number of hydrogen-bond acceptors (Lipinski definition) is 3. The average molecular weight is 473 g/mol. The minimum Gasteiger partial charge on any atom is -0.385 e. The van der Waals surface area contributed by atoms with Crippen LogP contribution in [0.15, 0.2) is 72.8 Å². The first kappa shape index (κ1) is 25.4. The Hall–Kier alpha value is -2.69. The van der Waals surface area contributed by atoms with Crippen LogP contribution in [-0.4, -0.2) is 42.1 Å². The second kappa shape index (κ2) is 10.9. The number of nitrogens with one attached hydrogen (secondary N) is 1. The first-order valence-corrected chi connectivity index (χ1v) is 13.0. The smallest absolute Gasteiger partial charge is 0.225 e. The third-order valence-corrected chi connectivity index (χ3v) is 7.49. The third kappa shape index (κ3) is 6.50. The van der Waals surface area contributed by atoms with Gasteiger partial charge in [0.25, 0.3) is 0 Å². The maximum atomic E-state index is 12.3. The van der Waals surface area contributed by atoms with Crippen molar-refractivity contribution in [3.05, 3.63) is 83.9 Å². The lowest BCUT2D eigenvalue weighted by atomic mass is 9.85. The van der Waals surface area contributed by atoms with Crippen molar-refractivity contribution in [2.75, 3.05) is 26.2 Å². The van der Waals surface area contributed by atoms with Gasteiger partial charge in [0.1, 0.15) is 0 Å². The Morgan fingerprint density at radius 1 is 0.914 bits per heavy atom. The van der Waals surface area contributed by atoms with Gasteiger partial charge in [0, 0.05) is 18.5 Å². The van der Waals surface area contributed by atoms with Crippen LogP contribution in [0.4, 0.5) is 0 Å². The average Bonchev–Trinajstić information content (AvgIpc) is 2.87. The molecule has 3 aromatic carbocycles. The number of nitrogens with zero attached hydrogens (tertiary/aromatic N) is 1. The predicted molar refractivity (Wildman–Crippen MR) is 144 cm³/mol. The molecular formula is C31H40N2O2.